The zero-order valence-electron chi connectivity index (χ0n) is 10.4. The van der Waals surface area contributed by atoms with Crippen LogP contribution in [0, 0.1) is 6.92 Å². The van der Waals surface area contributed by atoms with E-state index >= 15 is 0 Å². The average Bonchev–Trinajstić information content (AvgIpc) is 3.00. The predicted molar refractivity (Wildman–Crippen MR) is 70.3 cm³/mol. The molecular weight excluding hydrogens is 228 g/mol. The molecule has 2 N–H and O–H groups in total. The molecule has 1 fully saturated rings. The summed E-state index contributed by atoms with van der Waals surface area (Å²) in [5.41, 5.74) is 8.54. The summed E-state index contributed by atoms with van der Waals surface area (Å²) in [5.74, 6) is 0.498. The van der Waals surface area contributed by atoms with Gasteiger partial charge in [0.2, 0.25) is 0 Å². The summed E-state index contributed by atoms with van der Waals surface area (Å²) >= 11 is 0. The van der Waals surface area contributed by atoms with Crippen molar-refractivity contribution in [2.24, 2.45) is 0 Å². The van der Waals surface area contributed by atoms with Gasteiger partial charge in [0, 0.05) is 18.8 Å². The highest BCUT2D eigenvalue weighted by Gasteiger charge is 2.19. The highest BCUT2D eigenvalue weighted by Crippen LogP contribution is 2.28. The van der Waals surface area contributed by atoms with Gasteiger partial charge in [-0.15, -0.1) is 5.10 Å². The van der Waals surface area contributed by atoms with E-state index in [0.29, 0.717) is 17.6 Å². The third-order valence-electron chi connectivity index (χ3n) is 3.23. The second kappa shape index (κ2) is 4.33. The summed E-state index contributed by atoms with van der Waals surface area (Å²) in [6, 6.07) is 6.40. The first-order chi connectivity index (χ1) is 8.74. The monoisotopic (exact) mass is 244 g/mol. The van der Waals surface area contributed by atoms with Crippen molar-refractivity contribution in [2.75, 3.05) is 23.7 Å². The molecule has 1 aromatic carbocycles. The minimum Gasteiger partial charge on any atom is -0.403 e. The van der Waals surface area contributed by atoms with Gasteiger partial charge in [0.05, 0.1) is 5.56 Å². The molecule has 0 spiro atoms. The van der Waals surface area contributed by atoms with E-state index in [2.05, 4.69) is 15.1 Å². The molecule has 1 saturated heterocycles. The van der Waals surface area contributed by atoms with Gasteiger partial charge in [-0.25, -0.2) is 0 Å². The molecule has 5 heteroatoms. The lowest BCUT2D eigenvalue weighted by molar-refractivity contribution is 0.557. The maximum Gasteiger partial charge on any atom is 0.318 e. The topological polar surface area (TPSA) is 68.2 Å². The molecule has 2 aromatic rings. The number of rotatable bonds is 2. The molecule has 0 radical (unpaired) electrons. The summed E-state index contributed by atoms with van der Waals surface area (Å²) in [5, 5.41) is 8.19. The van der Waals surface area contributed by atoms with Crippen LogP contribution in [-0.2, 0) is 0 Å². The second-order valence-corrected chi connectivity index (χ2v) is 4.67. The summed E-state index contributed by atoms with van der Waals surface area (Å²) in [6.45, 7) is 4.00. The molecule has 0 atom stereocenters. The van der Waals surface area contributed by atoms with Crippen molar-refractivity contribution >= 4 is 11.7 Å². The van der Waals surface area contributed by atoms with Gasteiger partial charge in [-0.2, -0.15) is 0 Å². The van der Waals surface area contributed by atoms with Gasteiger partial charge in [0.15, 0.2) is 0 Å². The molecule has 0 bridgehead atoms. The normalized spacial score (nSPS) is 15.3. The van der Waals surface area contributed by atoms with Gasteiger partial charge in [-0.05, 0) is 31.9 Å². The van der Waals surface area contributed by atoms with Crippen LogP contribution in [-0.4, -0.2) is 23.3 Å². The van der Waals surface area contributed by atoms with E-state index in [1.54, 1.807) is 0 Å². The number of anilines is 2. The Bertz CT molecular complexity index is 558. The third-order valence-corrected chi connectivity index (χ3v) is 3.23. The first-order valence-corrected chi connectivity index (χ1v) is 6.19. The van der Waals surface area contributed by atoms with Gasteiger partial charge in [0.25, 0.3) is 5.89 Å². The highest BCUT2D eigenvalue weighted by atomic mass is 16.4. The van der Waals surface area contributed by atoms with Gasteiger partial charge >= 0.3 is 6.01 Å². The second-order valence-electron chi connectivity index (χ2n) is 4.67. The third kappa shape index (κ3) is 1.92. The van der Waals surface area contributed by atoms with E-state index < -0.39 is 0 Å². The Hall–Kier alpha value is -2.04. The number of nitrogens with two attached hydrogens (primary N) is 1. The van der Waals surface area contributed by atoms with E-state index in [-0.39, 0.29) is 0 Å². The maximum absolute atomic E-state index is 5.94. The maximum atomic E-state index is 5.94. The lowest BCUT2D eigenvalue weighted by Gasteiger charge is -2.09. The van der Waals surface area contributed by atoms with Crippen molar-refractivity contribution in [3.63, 3.8) is 0 Å². The van der Waals surface area contributed by atoms with E-state index in [0.717, 1.165) is 24.2 Å². The van der Waals surface area contributed by atoms with Gasteiger partial charge < -0.3 is 15.1 Å². The Balaban J connectivity index is 1.94. The lowest BCUT2D eigenvalue weighted by Crippen LogP contribution is -2.17. The summed E-state index contributed by atoms with van der Waals surface area (Å²) < 4.78 is 5.71. The quantitative estimate of drug-likeness (QED) is 0.820. The lowest BCUT2D eigenvalue weighted by atomic mass is 10.1. The molecule has 0 aliphatic carbocycles. The number of aryl methyl sites for hydroxylation is 1. The van der Waals surface area contributed by atoms with Crippen LogP contribution in [0.5, 0.6) is 0 Å². The fourth-order valence-electron chi connectivity index (χ4n) is 2.22. The molecule has 5 nitrogen and oxygen atoms in total. The van der Waals surface area contributed by atoms with Crippen LogP contribution in [0.25, 0.3) is 11.5 Å². The minimum atomic E-state index is 0.498. The number of benzene rings is 1. The predicted octanol–water partition coefficient (Wildman–Crippen LogP) is 2.23. The molecule has 0 amide bonds. The van der Waals surface area contributed by atoms with Gasteiger partial charge in [-0.3, -0.25) is 0 Å². The van der Waals surface area contributed by atoms with Crippen LogP contribution >= 0.6 is 0 Å². The first-order valence-electron chi connectivity index (χ1n) is 6.19. The first kappa shape index (κ1) is 11.1. The summed E-state index contributed by atoms with van der Waals surface area (Å²) in [6.07, 6.45) is 2.37. The fourth-order valence-corrected chi connectivity index (χ4v) is 2.22. The molecule has 94 valence electrons. The Morgan fingerprint density at radius 2 is 2.00 bits per heavy atom. The standard InChI is InChI=1S/C13H16N4O/c1-9-4-5-11(14)10(8-9)12-15-16-13(18-12)17-6-2-3-7-17/h4-5,8H,2-3,6-7,14H2,1H3. The molecule has 1 aliphatic rings. The molecule has 0 unspecified atom stereocenters. The van der Waals surface area contributed by atoms with Crippen molar-refractivity contribution in [3.8, 4) is 11.5 Å². The van der Waals surface area contributed by atoms with Crippen LogP contribution in [0.1, 0.15) is 18.4 Å². The summed E-state index contributed by atoms with van der Waals surface area (Å²) in [4.78, 5) is 2.11. The van der Waals surface area contributed by atoms with E-state index in [1.807, 2.05) is 25.1 Å². The SMILES string of the molecule is Cc1ccc(N)c(-c2nnc(N3CCCC3)o2)c1. The van der Waals surface area contributed by atoms with Crippen molar-refractivity contribution < 1.29 is 4.42 Å². The van der Waals surface area contributed by atoms with Crippen LogP contribution in [0.2, 0.25) is 0 Å². The summed E-state index contributed by atoms with van der Waals surface area (Å²) in [7, 11) is 0. The van der Waals surface area contributed by atoms with Crippen LogP contribution in [0.3, 0.4) is 0 Å². The Morgan fingerprint density at radius 1 is 1.22 bits per heavy atom. The van der Waals surface area contributed by atoms with Crippen LogP contribution in [0.15, 0.2) is 22.6 Å². The van der Waals surface area contributed by atoms with Crippen LogP contribution < -0.4 is 10.6 Å². The molecule has 18 heavy (non-hydrogen) atoms. The number of nitrogens with zero attached hydrogens (tertiary/aromatic N) is 3. The number of nitrogen functional groups attached to an aromatic ring is 1. The van der Waals surface area contributed by atoms with E-state index in [9.17, 15) is 0 Å². The van der Waals surface area contributed by atoms with Crippen LogP contribution in [0.4, 0.5) is 11.7 Å². The molecular formula is C13H16N4O. The van der Waals surface area contributed by atoms with Crippen molar-refractivity contribution in [2.45, 2.75) is 19.8 Å². The Kier molecular flexibility index (Phi) is 2.66. The minimum absolute atomic E-state index is 0.498. The Labute approximate surface area is 106 Å². The van der Waals surface area contributed by atoms with Crippen molar-refractivity contribution in [1.82, 2.24) is 10.2 Å². The highest BCUT2D eigenvalue weighted by molar-refractivity contribution is 5.71. The number of aromatic nitrogens is 2. The smallest absolute Gasteiger partial charge is 0.318 e. The van der Waals surface area contributed by atoms with E-state index in [1.165, 1.54) is 12.8 Å². The van der Waals surface area contributed by atoms with Crippen molar-refractivity contribution in [3.05, 3.63) is 23.8 Å². The van der Waals surface area contributed by atoms with Crippen molar-refractivity contribution in [1.29, 1.82) is 0 Å². The Morgan fingerprint density at radius 3 is 2.78 bits per heavy atom. The zero-order valence-corrected chi connectivity index (χ0v) is 10.4. The fraction of sp³-hybridized carbons (Fsp3) is 0.385. The molecule has 3 rings (SSSR count). The largest absolute Gasteiger partial charge is 0.403 e. The van der Waals surface area contributed by atoms with E-state index in [4.69, 9.17) is 10.2 Å². The number of hydrogen-bond acceptors (Lipinski definition) is 5. The zero-order chi connectivity index (χ0) is 12.5. The average molecular weight is 244 g/mol. The van der Waals surface area contributed by atoms with Gasteiger partial charge in [0.1, 0.15) is 0 Å². The molecule has 1 aliphatic heterocycles. The van der Waals surface area contributed by atoms with Gasteiger partial charge in [-0.1, -0.05) is 16.7 Å². The molecule has 0 saturated carbocycles. The number of hydrogen-bond donors (Lipinski definition) is 1. The molecule has 2 heterocycles. The molecule has 1 aromatic heterocycles.